The monoisotopic (exact) mass is 367 g/mol. The summed E-state index contributed by atoms with van der Waals surface area (Å²) in [6.45, 7) is 8.10. The third-order valence-electron chi connectivity index (χ3n) is 5.82. The molecule has 4 nitrogen and oxygen atoms in total. The van der Waals surface area contributed by atoms with Crippen LogP contribution in [0.25, 0.3) is 0 Å². The summed E-state index contributed by atoms with van der Waals surface area (Å²) in [5, 5.41) is 9.49. The van der Waals surface area contributed by atoms with Gasteiger partial charge >= 0.3 is 5.97 Å². The van der Waals surface area contributed by atoms with Gasteiger partial charge in [0.25, 0.3) is 0 Å². The van der Waals surface area contributed by atoms with Gasteiger partial charge in [-0.1, -0.05) is 39.8 Å². The van der Waals surface area contributed by atoms with Crippen LogP contribution in [0, 0.1) is 33.9 Å². The molecular formula is C22H22FNO3. The number of rotatable bonds is 5. The smallest absolute Gasteiger partial charge is 0.311 e. The van der Waals surface area contributed by atoms with Gasteiger partial charge in [0.05, 0.1) is 5.92 Å². The van der Waals surface area contributed by atoms with Gasteiger partial charge in [0.1, 0.15) is 23.4 Å². The minimum atomic E-state index is -1.01. The number of carbonyl (C=O) groups excluding carboxylic acids is 1. The minimum absolute atomic E-state index is 0.155. The van der Waals surface area contributed by atoms with E-state index in [0.717, 1.165) is 0 Å². The molecule has 1 aliphatic carbocycles. The number of nitrogens with zero attached hydrogens (tertiary/aromatic N) is 1. The van der Waals surface area contributed by atoms with Crippen LogP contribution in [0.2, 0.25) is 0 Å². The molecule has 0 bridgehead atoms. The molecule has 140 valence electrons. The van der Waals surface area contributed by atoms with Crippen LogP contribution < -0.4 is 4.74 Å². The summed E-state index contributed by atoms with van der Waals surface area (Å²) in [6, 6.07) is 14.5. The van der Waals surface area contributed by atoms with Gasteiger partial charge in [0, 0.05) is 5.56 Å². The molecule has 0 heterocycles. The fraction of sp³-hybridized carbons (Fsp3) is 0.364. The first-order valence-electron chi connectivity index (χ1n) is 8.80. The lowest BCUT2D eigenvalue weighted by atomic mass is 10.0. The highest BCUT2D eigenvalue weighted by Crippen LogP contribution is 2.68. The molecule has 1 unspecified atom stereocenters. The third-order valence-corrected chi connectivity index (χ3v) is 5.82. The summed E-state index contributed by atoms with van der Waals surface area (Å²) in [7, 11) is 0. The number of ether oxygens (including phenoxy) is 2. The van der Waals surface area contributed by atoms with Crippen molar-refractivity contribution in [3.63, 3.8) is 0 Å². The number of hydrogen-bond donors (Lipinski definition) is 0. The lowest BCUT2D eigenvalue weighted by molar-refractivity contribution is -0.150. The van der Waals surface area contributed by atoms with Crippen molar-refractivity contribution >= 4 is 5.97 Å². The average molecular weight is 367 g/mol. The number of esters is 1. The highest BCUT2D eigenvalue weighted by molar-refractivity contribution is 5.79. The second-order valence-corrected chi connectivity index (χ2v) is 7.95. The molecule has 0 radical (unpaired) electrons. The second kappa shape index (κ2) is 6.70. The maximum atomic E-state index is 13.0. The van der Waals surface area contributed by atoms with E-state index in [0.29, 0.717) is 17.1 Å². The Morgan fingerprint density at radius 3 is 2.26 bits per heavy atom. The molecule has 1 atom stereocenters. The number of carbonyl (C=O) groups is 1. The Bertz CT molecular complexity index is 883. The second-order valence-electron chi connectivity index (χ2n) is 7.95. The Hall–Kier alpha value is -2.87. The summed E-state index contributed by atoms with van der Waals surface area (Å²) >= 11 is 0. The first-order chi connectivity index (χ1) is 12.7. The minimum Gasteiger partial charge on any atom is -0.457 e. The highest BCUT2D eigenvalue weighted by atomic mass is 19.1. The van der Waals surface area contributed by atoms with Gasteiger partial charge in [-0.25, -0.2) is 4.39 Å². The Balaban J connectivity index is 1.74. The number of hydrogen-bond acceptors (Lipinski definition) is 4. The van der Waals surface area contributed by atoms with E-state index in [4.69, 9.17) is 9.47 Å². The lowest BCUT2D eigenvalue weighted by Gasteiger charge is -2.14. The predicted octanol–water partition coefficient (Wildman–Crippen LogP) is 5.41. The van der Waals surface area contributed by atoms with Crippen molar-refractivity contribution < 1.29 is 18.7 Å². The number of halogens is 1. The number of benzene rings is 2. The zero-order valence-corrected chi connectivity index (χ0v) is 15.8. The van der Waals surface area contributed by atoms with Crippen molar-refractivity contribution in [3.05, 3.63) is 59.9 Å². The standard InChI is InChI=1S/C22H22FNO3/c1-21(2)19(22(21,3)4)20(25)27-18(13-24)14-6-5-7-17(12-14)26-16-10-8-15(23)9-11-16/h5-12,18-19H,1-4H3. The maximum Gasteiger partial charge on any atom is 0.311 e. The fourth-order valence-electron chi connectivity index (χ4n) is 3.52. The van der Waals surface area contributed by atoms with Crippen molar-refractivity contribution in [1.29, 1.82) is 5.26 Å². The number of nitriles is 1. The Morgan fingerprint density at radius 2 is 1.70 bits per heavy atom. The Kier molecular flexibility index (Phi) is 4.69. The Morgan fingerprint density at radius 1 is 1.07 bits per heavy atom. The van der Waals surface area contributed by atoms with Crippen molar-refractivity contribution in [2.45, 2.75) is 33.8 Å². The van der Waals surface area contributed by atoms with Crippen LogP contribution >= 0.6 is 0 Å². The van der Waals surface area contributed by atoms with Gasteiger partial charge in [0.15, 0.2) is 0 Å². The van der Waals surface area contributed by atoms with E-state index in [-0.39, 0.29) is 28.5 Å². The third kappa shape index (κ3) is 3.52. The first-order valence-corrected chi connectivity index (χ1v) is 8.80. The lowest BCUT2D eigenvalue weighted by Crippen LogP contribution is -2.15. The molecule has 3 rings (SSSR count). The van der Waals surface area contributed by atoms with Crippen LogP contribution in [-0.2, 0) is 9.53 Å². The van der Waals surface area contributed by atoms with Crippen molar-refractivity contribution in [2.24, 2.45) is 16.7 Å². The highest BCUT2D eigenvalue weighted by Gasteiger charge is 2.69. The van der Waals surface area contributed by atoms with E-state index < -0.39 is 6.10 Å². The molecule has 0 aromatic heterocycles. The molecule has 0 spiro atoms. The van der Waals surface area contributed by atoms with Crippen LogP contribution in [0.1, 0.15) is 39.4 Å². The summed E-state index contributed by atoms with van der Waals surface area (Å²) < 4.78 is 24.2. The summed E-state index contributed by atoms with van der Waals surface area (Å²) in [4.78, 5) is 12.5. The molecule has 0 N–H and O–H groups in total. The van der Waals surface area contributed by atoms with Gasteiger partial charge in [-0.15, -0.1) is 0 Å². The predicted molar refractivity (Wildman–Crippen MR) is 98.4 cm³/mol. The van der Waals surface area contributed by atoms with Crippen LogP contribution in [-0.4, -0.2) is 5.97 Å². The van der Waals surface area contributed by atoms with Crippen molar-refractivity contribution in [1.82, 2.24) is 0 Å². The molecule has 1 saturated carbocycles. The SMILES string of the molecule is CC1(C)C(C(=O)OC(C#N)c2cccc(Oc3ccc(F)cc3)c2)C1(C)C. The van der Waals surface area contributed by atoms with E-state index in [9.17, 15) is 14.4 Å². The van der Waals surface area contributed by atoms with Crippen LogP contribution in [0.3, 0.4) is 0 Å². The molecule has 1 fully saturated rings. The van der Waals surface area contributed by atoms with Gasteiger partial charge in [-0.05, 0) is 47.2 Å². The molecule has 27 heavy (non-hydrogen) atoms. The zero-order valence-electron chi connectivity index (χ0n) is 15.8. The molecule has 5 heteroatoms. The summed E-state index contributed by atoms with van der Waals surface area (Å²) in [5.74, 6) is 0.00223. The van der Waals surface area contributed by atoms with Crippen molar-refractivity contribution in [2.75, 3.05) is 0 Å². The molecule has 0 saturated heterocycles. The molecule has 0 aliphatic heterocycles. The molecule has 1 aliphatic rings. The molecular weight excluding hydrogens is 345 g/mol. The van der Waals surface area contributed by atoms with E-state index in [1.54, 1.807) is 24.3 Å². The van der Waals surface area contributed by atoms with Crippen LogP contribution in [0.15, 0.2) is 48.5 Å². The maximum absolute atomic E-state index is 13.0. The van der Waals surface area contributed by atoms with Gasteiger partial charge in [-0.3, -0.25) is 4.79 Å². The van der Waals surface area contributed by atoms with Gasteiger partial charge < -0.3 is 9.47 Å². The molecule has 2 aromatic carbocycles. The quantitative estimate of drug-likeness (QED) is 0.663. The van der Waals surface area contributed by atoms with E-state index in [2.05, 4.69) is 0 Å². The van der Waals surface area contributed by atoms with E-state index in [1.165, 1.54) is 24.3 Å². The van der Waals surface area contributed by atoms with Gasteiger partial charge in [-0.2, -0.15) is 5.26 Å². The van der Waals surface area contributed by atoms with Crippen LogP contribution in [0.5, 0.6) is 11.5 Å². The normalized spacial score (nSPS) is 18.2. The van der Waals surface area contributed by atoms with Crippen LogP contribution in [0.4, 0.5) is 4.39 Å². The zero-order chi connectivity index (χ0) is 19.8. The first kappa shape index (κ1) is 18.9. The van der Waals surface area contributed by atoms with E-state index in [1.807, 2.05) is 33.8 Å². The largest absolute Gasteiger partial charge is 0.457 e. The van der Waals surface area contributed by atoms with Crippen molar-refractivity contribution in [3.8, 4) is 17.6 Å². The van der Waals surface area contributed by atoms with E-state index >= 15 is 0 Å². The fourth-order valence-corrected chi connectivity index (χ4v) is 3.52. The molecule has 0 amide bonds. The summed E-state index contributed by atoms with van der Waals surface area (Å²) in [5.41, 5.74) is 0.219. The average Bonchev–Trinajstić information content (AvgIpc) is 3.04. The topological polar surface area (TPSA) is 59.3 Å². The Labute approximate surface area is 158 Å². The molecule has 2 aromatic rings. The summed E-state index contributed by atoms with van der Waals surface area (Å²) in [6.07, 6.45) is -1.01. The van der Waals surface area contributed by atoms with Gasteiger partial charge in [0.2, 0.25) is 6.10 Å².